The van der Waals surface area contributed by atoms with E-state index >= 15 is 0 Å². The van der Waals surface area contributed by atoms with E-state index < -0.39 is 35.1 Å². The van der Waals surface area contributed by atoms with E-state index in [2.05, 4.69) is 0 Å². The minimum Gasteiger partial charge on any atom is -0.493 e. The SMILES string of the molecule is COc1cc(C(C)OC(=O)[C@@H](N)[C@H](OCc2ccccc2)C(=O)O)c([N+](=O)[O-])cc1OC. The molecule has 0 saturated carbocycles. The number of carboxylic acids is 1. The van der Waals surface area contributed by atoms with Crippen LogP contribution in [-0.2, 0) is 25.7 Å². The van der Waals surface area contributed by atoms with E-state index in [1.807, 2.05) is 0 Å². The molecule has 1 unspecified atom stereocenters. The van der Waals surface area contributed by atoms with Crippen molar-refractivity contribution in [2.75, 3.05) is 14.2 Å². The van der Waals surface area contributed by atoms with Gasteiger partial charge in [-0.2, -0.15) is 0 Å². The Bertz CT molecular complexity index is 965. The summed E-state index contributed by atoms with van der Waals surface area (Å²) in [4.78, 5) is 34.9. The average molecular weight is 448 g/mol. The lowest BCUT2D eigenvalue weighted by Gasteiger charge is -2.22. The second-order valence-electron chi connectivity index (χ2n) is 6.68. The number of carbonyl (C=O) groups is 2. The standard InChI is InChI=1S/C21H24N2O9/c1-12(14-9-16(29-2)17(30-3)10-15(14)23(27)28)32-21(26)18(22)19(20(24)25)31-11-13-7-5-4-6-8-13/h4-10,12,18-19H,11,22H2,1-3H3,(H,24,25)/t12?,18-,19-/m0/s1. The fourth-order valence-electron chi connectivity index (χ4n) is 2.90. The van der Waals surface area contributed by atoms with Gasteiger partial charge in [0, 0.05) is 0 Å². The van der Waals surface area contributed by atoms with E-state index in [9.17, 15) is 24.8 Å². The predicted octanol–water partition coefficient (Wildman–Crippen LogP) is 2.21. The summed E-state index contributed by atoms with van der Waals surface area (Å²) in [5, 5.41) is 20.9. The maximum atomic E-state index is 12.5. The number of hydrogen-bond donors (Lipinski definition) is 2. The van der Waals surface area contributed by atoms with Crippen LogP contribution in [0.1, 0.15) is 24.2 Å². The Morgan fingerprint density at radius 2 is 1.72 bits per heavy atom. The lowest BCUT2D eigenvalue weighted by Crippen LogP contribution is -2.48. The first kappa shape index (κ1) is 24.6. The molecule has 0 aromatic heterocycles. The molecule has 0 aliphatic rings. The van der Waals surface area contributed by atoms with Crippen LogP contribution in [0.3, 0.4) is 0 Å². The van der Waals surface area contributed by atoms with Gasteiger partial charge >= 0.3 is 11.9 Å². The number of nitro benzene ring substituents is 1. The highest BCUT2D eigenvalue weighted by Crippen LogP contribution is 2.38. The molecular weight excluding hydrogens is 424 g/mol. The third-order valence-electron chi connectivity index (χ3n) is 4.57. The summed E-state index contributed by atoms with van der Waals surface area (Å²) in [6.45, 7) is 1.30. The minimum absolute atomic E-state index is 0.0188. The van der Waals surface area contributed by atoms with Gasteiger partial charge in [0.1, 0.15) is 12.1 Å². The van der Waals surface area contributed by atoms with Gasteiger partial charge < -0.3 is 29.8 Å². The van der Waals surface area contributed by atoms with Crippen LogP contribution < -0.4 is 15.2 Å². The molecule has 11 heteroatoms. The highest BCUT2D eigenvalue weighted by atomic mass is 16.6. The van der Waals surface area contributed by atoms with Crippen LogP contribution >= 0.6 is 0 Å². The molecule has 0 saturated heterocycles. The van der Waals surface area contributed by atoms with Gasteiger partial charge in [-0.1, -0.05) is 30.3 Å². The highest BCUT2D eigenvalue weighted by molar-refractivity contribution is 5.85. The second-order valence-corrected chi connectivity index (χ2v) is 6.68. The Morgan fingerprint density at radius 1 is 1.12 bits per heavy atom. The average Bonchev–Trinajstić information content (AvgIpc) is 2.78. The molecule has 32 heavy (non-hydrogen) atoms. The summed E-state index contributed by atoms with van der Waals surface area (Å²) in [5.41, 5.74) is 6.13. The van der Waals surface area contributed by atoms with Crippen molar-refractivity contribution in [2.24, 2.45) is 5.73 Å². The number of esters is 1. The molecule has 0 fully saturated rings. The van der Waals surface area contributed by atoms with Crippen LogP contribution in [0.25, 0.3) is 0 Å². The molecule has 0 amide bonds. The van der Waals surface area contributed by atoms with Crippen molar-refractivity contribution in [2.45, 2.75) is 31.8 Å². The van der Waals surface area contributed by atoms with Gasteiger partial charge in [-0.15, -0.1) is 0 Å². The van der Waals surface area contributed by atoms with Crippen molar-refractivity contribution >= 4 is 17.6 Å². The quantitative estimate of drug-likeness (QED) is 0.296. The lowest BCUT2D eigenvalue weighted by atomic mass is 10.1. The van der Waals surface area contributed by atoms with Crippen LogP contribution in [0.5, 0.6) is 11.5 Å². The van der Waals surface area contributed by atoms with E-state index in [1.54, 1.807) is 30.3 Å². The zero-order valence-corrected chi connectivity index (χ0v) is 17.7. The largest absolute Gasteiger partial charge is 0.493 e. The zero-order chi connectivity index (χ0) is 23.8. The van der Waals surface area contributed by atoms with E-state index in [4.69, 9.17) is 24.7 Å². The Morgan fingerprint density at radius 3 is 2.25 bits per heavy atom. The van der Waals surface area contributed by atoms with Crippen LogP contribution in [0.4, 0.5) is 5.69 Å². The summed E-state index contributed by atoms with van der Waals surface area (Å²) in [7, 11) is 2.67. The Balaban J connectivity index is 2.19. The number of carboxylic acid groups (broad SMARTS) is 1. The number of aliphatic carboxylic acids is 1. The fourth-order valence-corrected chi connectivity index (χ4v) is 2.90. The monoisotopic (exact) mass is 448 g/mol. The van der Waals surface area contributed by atoms with Gasteiger partial charge in [0.15, 0.2) is 17.6 Å². The first-order valence-corrected chi connectivity index (χ1v) is 9.44. The third kappa shape index (κ3) is 5.93. The van der Waals surface area contributed by atoms with Crippen LogP contribution in [-0.4, -0.2) is 48.3 Å². The molecule has 0 heterocycles. The van der Waals surface area contributed by atoms with Crippen LogP contribution in [0.15, 0.2) is 42.5 Å². The van der Waals surface area contributed by atoms with Crippen molar-refractivity contribution in [3.05, 3.63) is 63.7 Å². The van der Waals surface area contributed by atoms with Gasteiger partial charge in [-0.25, -0.2) is 4.79 Å². The number of nitrogens with two attached hydrogens (primary N) is 1. The molecule has 0 bridgehead atoms. The molecule has 2 aromatic rings. The van der Waals surface area contributed by atoms with Crippen molar-refractivity contribution in [1.82, 2.24) is 0 Å². The van der Waals surface area contributed by atoms with Crippen LogP contribution in [0, 0.1) is 10.1 Å². The van der Waals surface area contributed by atoms with Crippen LogP contribution in [0.2, 0.25) is 0 Å². The van der Waals surface area contributed by atoms with Crippen molar-refractivity contribution < 1.29 is 38.6 Å². The van der Waals surface area contributed by atoms with E-state index in [1.165, 1.54) is 27.2 Å². The molecule has 0 radical (unpaired) electrons. The molecule has 2 aromatic carbocycles. The number of rotatable bonds is 11. The van der Waals surface area contributed by atoms with E-state index in [-0.39, 0.29) is 29.4 Å². The highest BCUT2D eigenvalue weighted by Gasteiger charge is 2.35. The number of benzene rings is 2. The maximum Gasteiger partial charge on any atom is 0.335 e. The summed E-state index contributed by atoms with van der Waals surface area (Å²) in [6, 6.07) is 9.51. The molecule has 0 aliphatic heterocycles. The molecular formula is C21H24N2O9. The smallest absolute Gasteiger partial charge is 0.335 e. The first-order chi connectivity index (χ1) is 15.2. The first-order valence-electron chi connectivity index (χ1n) is 9.44. The van der Waals surface area contributed by atoms with E-state index in [0.717, 1.165) is 6.07 Å². The summed E-state index contributed by atoms with van der Waals surface area (Å²) >= 11 is 0. The summed E-state index contributed by atoms with van der Waals surface area (Å²) in [5.74, 6) is -2.23. The molecule has 172 valence electrons. The van der Waals surface area contributed by atoms with Crippen molar-refractivity contribution in [3.63, 3.8) is 0 Å². The molecule has 3 atom stereocenters. The predicted molar refractivity (Wildman–Crippen MR) is 111 cm³/mol. The summed E-state index contributed by atoms with van der Waals surface area (Å²) in [6.07, 6.45) is -2.83. The topological polar surface area (TPSA) is 160 Å². The Hall–Kier alpha value is -3.70. The van der Waals surface area contributed by atoms with Crippen molar-refractivity contribution in [3.8, 4) is 11.5 Å². The van der Waals surface area contributed by atoms with Gasteiger partial charge in [-0.3, -0.25) is 14.9 Å². The Labute approximate surface area is 183 Å². The molecule has 0 spiro atoms. The number of ether oxygens (including phenoxy) is 4. The molecule has 0 aliphatic carbocycles. The van der Waals surface area contributed by atoms with Gasteiger partial charge in [0.2, 0.25) is 0 Å². The number of nitro groups is 1. The number of methoxy groups -OCH3 is 2. The third-order valence-corrected chi connectivity index (χ3v) is 4.57. The number of nitrogens with zero attached hydrogens (tertiary/aromatic N) is 1. The molecule has 2 rings (SSSR count). The second kappa shape index (κ2) is 11.1. The van der Waals surface area contributed by atoms with Crippen molar-refractivity contribution in [1.29, 1.82) is 0 Å². The Kier molecular flexibility index (Phi) is 8.50. The number of hydrogen-bond acceptors (Lipinski definition) is 9. The van der Waals surface area contributed by atoms with Gasteiger partial charge in [-0.05, 0) is 18.6 Å². The lowest BCUT2D eigenvalue weighted by molar-refractivity contribution is -0.386. The maximum absolute atomic E-state index is 12.5. The summed E-state index contributed by atoms with van der Waals surface area (Å²) < 4.78 is 20.8. The van der Waals surface area contributed by atoms with Gasteiger partial charge in [0.05, 0.1) is 37.4 Å². The van der Waals surface area contributed by atoms with E-state index in [0.29, 0.717) is 5.56 Å². The van der Waals surface area contributed by atoms with Gasteiger partial charge in [0.25, 0.3) is 5.69 Å². The fraction of sp³-hybridized carbons (Fsp3) is 0.333. The number of carbonyl (C=O) groups excluding carboxylic acids is 1. The normalized spacial score (nSPS) is 13.5. The molecule has 11 nitrogen and oxygen atoms in total. The zero-order valence-electron chi connectivity index (χ0n) is 17.7. The molecule has 3 N–H and O–H groups in total. The minimum atomic E-state index is -1.68.